The fraction of sp³-hybridized carbons (Fsp3) is 0.909. The fourth-order valence-electron chi connectivity index (χ4n) is 1.92. The molecule has 15 heavy (non-hydrogen) atoms. The molecular formula is C11H22N2O2. The van der Waals surface area contributed by atoms with Crippen molar-refractivity contribution in [2.24, 2.45) is 11.8 Å². The van der Waals surface area contributed by atoms with Crippen molar-refractivity contribution in [3.8, 4) is 0 Å². The van der Waals surface area contributed by atoms with Crippen LogP contribution in [0, 0.1) is 11.8 Å². The molecule has 4 heteroatoms. The highest BCUT2D eigenvalue weighted by Crippen LogP contribution is 2.15. The lowest BCUT2D eigenvalue weighted by molar-refractivity contribution is -0.125. The molecule has 1 amide bonds. The summed E-state index contributed by atoms with van der Waals surface area (Å²) in [5, 5.41) is 14.8. The van der Waals surface area contributed by atoms with Crippen LogP contribution >= 0.6 is 0 Å². The predicted octanol–water partition coefficient (Wildman–Crippen LogP) is 0.121. The van der Waals surface area contributed by atoms with Crippen LogP contribution < -0.4 is 10.6 Å². The number of hydrogen-bond donors (Lipinski definition) is 3. The lowest BCUT2D eigenvalue weighted by Gasteiger charge is -2.13. The maximum atomic E-state index is 11.7. The monoisotopic (exact) mass is 214 g/mol. The topological polar surface area (TPSA) is 61.4 Å². The largest absolute Gasteiger partial charge is 0.396 e. The average molecular weight is 214 g/mol. The predicted molar refractivity (Wildman–Crippen MR) is 59.5 cm³/mol. The molecule has 3 N–H and O–H groups in total. The van der Waals surface area contributed by atoms with Crippen LogP contribution in [0.1, 0.15) is 26.2 Å². The Kier molecular flexibility index (Phi) is 5.65. The number of amides is 1. The van der Waals surface area contributed by atoms with Crippen molar-refractivity contribution in [2.75, 3.05) is 26.2 Å². The summed E-state index contributed by atoms with van der Waals surface area (Å²) in [6.45, 7) is 4.85. The molecule has 0 aromatic heterocycles. The van der Waals surface area contributed by atoms with E-state index in [1.807, 2.05) is 0 Å². The molecule has 88 valence electrons. The Morgan fingerprint density at radius 1 is 1.40 bits per heavy atom. The van der Waals surface area contributed by atoms with Crippen LogP contribution in [0.15, 0.2) is 0 Å². The smallest absolute Gasteiger partial charge is 0.224 e. The fourth-order valence-corrected chi connectivity index (χ4v) is 1.92. The number of aliphatic hydroxyl groups excluding tert-OH is 1. The number of carbonyl (C=O) groups is 1. The lowest BCUT2D eigenvalue weighted by atomic mass is 9.97. The molecule has 1 rings (SSSR count). The quantitative estimate of drug-likeness (QED) is 0.550. The number of hydrogen-bond acceptors (Lipinski definition) is 3. The van der Waals surface area contributed by atoms with E-state index in [9.17, 15) is 4.79 Å². The normalized spacial score (nSPS) is 25.5. The van der Waals surface area contributed by atoms with Gasteiger partial charge in [-0.15, -0.1) is 0 Å². The van der Waals surface area contributed by atoms with Gasteiger partial charge in [-0.05, 0) is 31.7 Å². The number of rotatable bonds is 6. The SMILES string of the molecule is CC1CNCC1C(=O)NCCCCCO. The molecule has 0 radical (unpaired) electrons. The Bertz CT molecular complexity index is 197. The van der Waals surface area contributed by atoms with Gasteiger partial charge in [0.1, 0.15) is 0 Å². The molecule has 0 aromatic rings. The Morgan fingerprint density at radius 2 is 2.20 bits per heavy atom. The van der Waals surface area contributed by atoms with Gasteiger partial charge in [0.25, 0.3) is 0 Å². The Labute approximate surface area is 91.4 Å². The minimum atomic E-state index is 0.142. The van der Waals surface area contributed by atoms with Crippen LogP contribution in [-0.4, -0.2) is 37.3 Å². The van der Waals surface area contributed by atoms with Gasteiger partial charge in [0.05, 0.1) is 5.92 Å². The second kappa shape index (κ2) is 6.80. The first-order valence-corrected chi connectivity index (χ1v) is 5.85. The first-order chi connectivity index (χ1) is 7.25. The summed E-state index contributed by atoms with van der Waals surface area (Å²) >= 11 is 0. The first kappa shape index (κ1) is 12.5. The van der Waals surface area contributed by atoms with Gasteiger partial charge in [-0.3, -0.25) is 4.79 Å². The lowest BCUT2D eigenvalue weighted by Crippen LogP contribution is -2.34. The van der Waals surface area contributed by atoms with E-state index in [1.165, 1.54) is 0 Å². The zero-order valence-corrected chi connectivity index (χ0v) is 9.46. The molecule has 1 heterocycles. The summed E-state index contributed by atoms with van der Waals surface area (Å²) < 4.78 is 0. The molecule has 1 fully saturated rings. The van der Waals surface area contributed by atoms with Crippen LogP contribution in [0.2, 0.25) is 0 Å². The molecule has 0 saturated carbocycles. The van der Waals surface area contributed by atoms with Crippen molar-refractivity contribution < 1.29 is 9.90 Å². The van der Waals surface area contributed by atoms with Crippen molar-refractivity contribution in [2.45, 2.75) is 26.2 Å². The molecule has 0 bridgehead atoms. The molecular weight excluding hydrogens is 192 g/mol. The molecule has 1 aliphatic rings. The third-order valence-corrected chi connectivity index (χ3v) is 2.99. The van der Waals surface area contributed by atoms with Crippen molar-refractivity contribution in [3.63, 3.8) is 0 Å². The van der Waals surface area contributed by atoms with Crippen molar-refractivity contribution in [1.82, 2.24) is 10.6 Å². The van der Waals surface area contributed by atoms with Gasteiger partial charge in [-0.1, -0.05) is 6.92 Å². The minimum Gasteiger partial charge on any atom is -0.396 e. The van der Waals surface area contributed by atoms with Gasteiger partial charge in [0, 0.05) is 19.7 Å². The van der Waals surface area contributed by atoms with Gasteiger partial charge >= 0.3 is 0 Å². The first-order valence-electron chi connectivity index (χ1n) is 5.85. The standard InChI is InChI=1S/C11H22N2O2/c1-9-7-12-8-10(9)11(15)13-5-3-2-4-6-14/h9-10,12,14H,2-8H2,1H3,(H,13,15). The van der Waals surface area contributed by atoms with Crippen LogP contribution in [0.3, 0.4) is 0 Å². The van der Waals surface area contributed by atoms with Gasteiger partial charge in [0.15, 0.2) is 0 Å². The second-order valence-corrected chi connectivity index (χ2v) is 4.32. The van der Waals surface area contributed by atoms with E-state index in [4.69, 9.17) is 5.11 Å². The molecule has 0 spiro atoms. The van der Waals surface area contributed by atoms with E-state index in [-0.39, 0.29) is 18.4 Å². The van der Waals surface area contributed by atoms with Crippen LogP contribution in [0.4, 0.5) is 0 Å². The maximum absolute atomic E-state index is 11.7. The molecule has 4 nitrogen and oxygen atoms in total. The zero-order valence-electron chi connectivity index (χ0n) is 9.46. The molecule has 1 aliphatic heterocycles. The third kappa shape index (κ3) is 4.18. The van der Waals surface area contributed by atoms with Gasteiger partial charge in [-0.2, -0.15) is 0 Å². The number of unbranched alkanes of at least 4 members (excludes halogenated alkanes) is 2. The van der Waals surface area contributed by atoms with Gasteiger partial charge in [-0.25, -0.2) is 0 Å². The molecule has 2 atom stereocenters. The Balaban J connectivity index is 2.08. The number of nitrogens with one attached hydrogen (secondary N) is 2. The summed E-state index contributed by atoms with van der Waals surface area (Å²) in [6.07, 6.45) is 2.77. The minimum absolute atomic E-state index is 0.142. The number of aliphatic hydroxyl groups is 1. The molecule has 2 unspecified atom stereocenters. The second-order valence-electron chi connectivity index (χ2n) is 4.32. The molecule has 0 aromatic carbocycles. The molecule has 1 saturated heterocycles. The van der Waals surface area contributed by atoms with E-state index in [0.717, 1.165) is 38.9 Å². The van der Waals surface area contributed by atoms with Crippen molar-refractivity contribution in [1.29, 1.82) is 0 Å². The van der Waals surface area contributed by atoms with Gasteiger partial charge < -0.3 is 15.7 Å². The summed E-state index contributed by atoms with van der Waals surface area (Å²) in [5.74, 6) is 0.766. The van der Waals surface area contributed by atoms with E-state index in [1.54, 1.807) is 0 Å². The maximum Gasteiger partial charge on any atom is 0.224 e. The highest BCUT2D eigenvalue weighted by Gasteiger charge is 2.28. The third-order valence-electron chi connectivity index (χ3n) is 2.99. The molecule has 0 aliphatic carbocycles. The summed E-state index contributed by atoms with van der Waals surface area (Å²) in [6, 6.07) is 0. The highest BCUT2D eigenvalue weighted by atomic mass is 16.2. The van der Waals surface area contributed by atoms with E-state index in [0.29, 0.717) is 5.92 Å². The van der Waals surface area contributed by atoms with Crippen molar-refractivity contribution >= 4 is 5.91 Å². The summed E-state index contributed by atoms with van der Waals surface area (Å²) in [4.78, 5) is 11.7. The highest BCUT2D eigenvalue weighted by molar-refractivity contribution is 5.79. The number of carbonyl (C=O) groups excluding carboxylic acids is 1. The summed E-state index contributed by atoms with van der Waals surface area (Å²) in [7, 11) is 0. The summed E-state index contributed by atoms with van der Waals surface area (Å²) in [5.41, 5.74) is 0. The average Bonchev–Trinajstić information content (AvgIpc) is 2.64. The Hall–Kier alpha value is -0.610. The zero-order chi connectivity index (χ0) is 11.1. The van der Waals surface area contributed by atoms with Gasteiger partial charge in [0.2, 0.25) is 5.91 Å². The van der Waals surface area contributed by atoms with Crippen LogP contribution in [-0.2, 0) is 4.79 Å². The van der Waals surface area contributed by atoms with E-state index < -0.39 is 0 Å². The van der Waals surface area contributed by atoms with Crippen LogP contribution in [0.5, 0.6) is 0 Å². The van der Waals surface area contributed by atoms with Crippen LogP contribution in [0.25, 0.3) is 0 Å². The van der Waals surface area contributed by atoms with E-state index in [2.05, 4.69) is 17.6 Å². The Morgan fingerprint density at radius 3 is 2.80 bits per heavy atom. The van der Waals surface area contributed by atoms with Crippen molar-refractivity contribution in [3.05, 3.63) is 0 Å². The van der Waals surface area contributed by atoms with E-state index >= 15 is 0 Å².